The molecular formula is C19H17F3N4O. The standard InChI is InChI=1S/C19H17F3N4O/c1-12-7-8-16(27-2)15(11-12)24-17-9-10-23-18(26-17)25-14-6-4-3-5-13(14)19(20,21)22/h3-11H,1-2H3,(H2,23,24,25,26). The van der Waals surface area contributed by atoms with Crippen LogP contribution in [-0.2, 0) is 6.18 Å². The number of para-hydroxylation sites is 1. The van der Waals surface area contributed by atoms with Gasteiger partial charge in [0.05, 0.1) is 24.0 Å². The molecule has 0 saturated heterocycles. The highest BCUT2D eigenvalue weighted by molar-refractivity contribution is 5.66. The van der Waals surface area contributed by atoms with Crippen molar-refractivity contribution < 1.29 is 17.9 Å². The average Bonchev–Trinajstić information content (AvgIpc) is 2.62. The van der Waals surface area contributed by atoms with Gasteiger partial charge in [-0.2, -0.15) is 18.2 Å². The maximum atomic E-state index is 13.1. The molecule has 0 atom stereocenters. The Kier molecular flexibility index (Phi) is 5.16. The van der Waals surface area contributed by atoms with Gasteiger partial charge >= 0.3 is 6.18 Å². The fraction of sp³-hybridized carbons (Fsp3) is 0.158. The molecule has 0 fully saturated rings. The summed E-state index contributed by atoms with van der Waals surface area (Å²) in [4.78, 5) is 8.23. The summed E-state index contributed by atoms with van der Waals surface area (Å²) in [6.45, 7) is 1.94. The van der Waals surface area contributed by atoms with Crippen molar-refractivity contribution >= 4 is 23.1 Å². The summed E-state index contributed by atoms with van der Waals surface area (Å²) in [5.74, 6) is 1.08. The number of benzene rings is 2. The van der Waals surface area contributed by atoms with Crippen molar-refractivity contribution in [3.05, 3.63) is 65.9 Å². The van der Waals surface area contributed by atoms with E-state index in [4.69, 9.17) is 4.74 Å². The number of aryl methyl sites for hydroxylation is 1. The Labute approximate surface area is 154 Å². The van der Waals surface area contributed by atoms with Crippen LogP contribution in [0.2, 0.25) is 0 Å². The number of ether oxygens (including phenoxy) is 1. The van der Waals surface area contributed by atoms with Gasteiger partial charge in [-0.3, -0.25) is 0 Å². The molecule has 8 heteroatoms. The highest BCUT2D eigenvalue weighted by Crippen LogP contribution is 2.35. The Morgan fingerprint density at radius 3 is 2.48 bits per heavy atom. The minimum absolute atomic E-state index is 0.0447. The Hall–Kier alpha value is -3.29. The summed E-state index contributed by atoms with van der Waals surface area (Å²) in [6, 6.07) is 12.4. The molecule has 140 valence electrons. The molecule has 0 saturated carbocycles. The second-order valence-corrected chi connectivity index (χ2v) is 5.76. The number of aromatic nitrogens is 2. The number of nitrogens with one attached hydrogen (secondary N) is 2. The maximum absolute atomic E-state index is 13.1. The molecule has 0 bridgehead atoms. The van der Waals surface area contributed by atoms with Crippen molar-refractivity contribution in [2.75, 3.05) is 17.7 Å². The van der Waals surface area contributed by atoms with E-state index < -0.39 is 11.7 Å². The molecule has 0 aliphatic carbocycles. The molecule has 0 amide bonds. The Balaban J connectivity index is 1.87. The SMILES string of the molecule is COc1ccc(C)cc1Nc1ccnc(Nc2ccccc2C(F)(F)F)n1. The fourth-order valence-electron chi connectivity index (χ4n) is 2.51. The predicted molar refractivity (Wildman–Crippen MR) is 97.8 cm³/mol. The van der Waals surface area contributed by atoms with Crippen molar-refractivity contribution in [2.24, 2.45) is 0 Å². The van der Waals surface area contributed by atoms with Crippen molar-refractivity contribution in [2.45, 2.75) is 13.1 Å². The second-order valence-electron chi connectivity index (χ2n) is 5.76. The Bertz CT molecular complexity index is 944. The maximum Gasteiger partial charge on any atom is 0.418 e. The largest absolute Gasteiger partial charge is 0.495 e. The average molecular weight is 374 g/mol. The number of hydrogen-bond donors (Lipinski definition) is 2. The zero-order valence-corrected chi connectivity index (χ0v) is 14.6. The van der Waals surface area contributed by atoms with Crippen LogP contribution < -0.4 is 15.4 Å². The van der Waals surface area contributed by atoms with E-state index in [2.05, 4.69) is 20.6 Å². The van der Waals surface area contributed by atoms with Crippen LogP contribution >= 0.6 is 0 Å². The molecule has 0 unspecified atom stereocenters. The number of alkyl halides is 3. The number of anilines is 4. The van der Waals surface area contributed by atoms with E-state index in [0.29, 0.717) is 17.3 Å². The van der Waals surface area contributed by atoms with Gasteiger partial charge in [-0.05, 0) is 42.8 Å². The molecule has 3 rings (SSSR count). The normalized spacial score (nSPS) is 11.1. The molecule has 1 heterocycles. The summed E-state index contributed by atoms with van der Waals surface area (Å²) in [5.41, 5.74) is 0.810. The van der Waals surface area contributed by atoms with Gasteiger partial charge < -0.3 is 15.4 Å². The van der Waals surface area contributed by atoms with E-state index in [9.17, 15) is 13.2 Å². The highest BCUT2D eigenvalue weighted by Gasteiger charge is 2.33. The molecule has 3 aromatic rings. The lowest BCUT2D eigenvalue weighted by molar-refractivity contribution is -0.136. The number of halogens is 3. The number of nitrogens with zero attached hydrogens (tertiary/aromatic N) is 2. The first-order valence-corrected chi connectivity index (χ1v) is 8.05. The van der Waals surface area contributed by atoms with Crippen molar-refractivity contribution in [1.29, 1.82) is 0 Å². The summed E-state index contributed by atoms with van der Waals surface area (Å²) >= 11 is 0. The first-order valence-electron chi connectivity index (χ1n) is 8.05. The second kappa shape index (κ2) is 7.53. The van der Waals surface area contributed by atoms with Crippen LogP contribution in [0.5, 0.6) is 5.75 Å². The lowest BCUT2D eigenvalue weighted by Crippen LogP contribution is -2.09. The third-order valence-corrected chi connectivity index (χ3v) is 3.75. The van der Waals surface area contributed by atoms with Gasteiger partial charge in [0, 0.05) is 6.20 Å². The monoisotopic (exact) mass is 374 g/mol. The molecular weight excluding hydrogens is 357 g/mol. The molecule has 5 nitrogen and oxygen atoms in total. The minimum Gasteiger partial charge on any atom is -0.495 e. The lowest BCUT2D eigenvalue weighted by atomic mass is 10.1. The van der Waals surface area contributed by atoms with E-state index in [0.717, 1.165) is 11.6 Å². The van der Waals surface area contributed by atoms with E-state index in [1.165, 1.54) is 24.4 Å². The summed E-state index contributed by atoms with van der Waals surface area (Å²) in [5, 5.41) is 5.73. The van der Waals surface area contributed by atoms with E-state index >= 15 is 0 Å². The topological polar surface area (TPSA) is 59.1 Å². The van der Waals surface area contributed by atoms with Crippen molar-refractivity contribution in [3.63, 3.8) is 0 Å². The van der Waals surface area contributed by atoms with Crippen LogP contribution in [0.15, 0.2) is 54.7 Å². The van der Waals surface area contributed by atoms with Gasteiger partial charge in [0.1, 0.15) is 11.6 Å². The van der Waals surface area contributed by atoms with Crippen LogP contribution in [-0.4, -0.2) is 17.1 Å². The summed E-state index contributed by atoms with van der Waals surface area (Å²) in [6.07, 6.45) is -3.02. The van der Waals surface area contributed by atoms with Crippen LogP contribution in [0, 0.1) is 6.92 Å². The minimum atomic E-state index is -4.48. The number of hydrogen-bond acceptors (Lipinski definition) is 5. The Morgan fingerprint density at radius 1 is 0.963 bits per heavy atom. The first kappa shape index (κ1) is 18.5. The van der Waals surface area contributed by atoms with Gasteiger partial charge in [0.25, 0.3) is 0 Å². The summed E-state index contributed by atoms with van der Waals surface area (Å²) < 4.78 is 44.7. The molecule has 0 aliphatic heterocycles. The zero-order valence-electron chi connectivity index (χ0n) is 14.6. The van der Waals surface area contributed by atoms with Crippen LogP contribution in [0.25, 0.3) is 0 Å². The third kappa shape index (κ3) is 4.46. The van der Waals surface area contributed by atoms with Gasteiger partial charge in [-0.25, -0.2) is 4.98 Å². The lowest BCUT2D eigenvalue weighted by Gasteiger charge is -2.14. The van der Waals surface area contributed by atoms with Gasteiger partial charge in [0.15, 0.2) is 0 Å². The van der Waals surface area contributed by atoms with E-state index in [1.807, 2.05) is 25.1 Å². The predicted octanol–water partition coefficient (Wildman–Crippen LogP) is 5.30. The smallest absolute Gasteiger partial charge is 0.418 e. The van der Waals surface area contributed by atoms with Gasteiger partial charge in [-0.15, -0.1) is 0 Å². The van der Waals surface area contributed by atoms with Crippen molar-refractivity contribution in [1.82, 2.24) is 9.97 Å². The molecule has 2 N–H and O–H groups in total. The molecule has 0 radical (unpaired) electrons. The first-order chi connectivity index (χ1) is 12.9. The van der Waals surface area contributed by atoms with Crippen LogP contribution in [0.4, 0.5) is 36.3 Å². The molecule has 2 aromatic carbocycles. The van der Waals surface area contributed by atoms with E-state index in [-0.39, 0.29) is 11.6 Å². The molecule has 27 heavy (non-hydrogen) atoms. The quantitative estimate of drug-likeness (QED) is 0.635. The van der Waals surface area contributed by atoms with Gasteiger partial charge in [0.2, 0.25) is 5.95 Å². The Morgan fingerprint density at radius 2 is 1.74 bits per heavy atom. The van der Waals surface area contributed by atoms with Crippen LogP contribution in [0.1, 0.15) is 11.1 Å². The van der Waals surface area contributed by atoms with Gasteiger partial charge in [-0.1, -0.05) is 18.2 Å². The van der Waals surface area contributed by atoms with E-state index in [1.54, 1.807) is 13.2 Å². The van der Waals surface area contributed by atoms with Crippen molar-refractivity contribution in [3.8, 4) is 5.75 Å². The van der Waals surface area contributed by atoms with Crippen LogP contribution in [0.3, 0.4) is 0 Å². The number of rotatable bonds is 5. The fourth-order valence-corrected chi connectivity index (χ4v) is 2.51. The molecule has 0 spiro atoms. The number of methoxy groups -OCH3 is 1. The molecule has 0 aliphatic rings. The summed E-state index contributed by atoms with van der Waals surface area (Å²) in [7, 11) is 1.55. The third-order valence-electron chi connectivity index (χ3n) is 3.75. The zero-order chi connectivity index (χ0) is 19.4. The molecule has 1 aromatic heterocycles. The highest BCUT2D eigenvalue weighted by atomic mass is 19.4.